The van der Waals surface area contributed by atoms with E-state index < -0.39 is 28.4 Å². The first-order chi connectivity index (χ1) is 20.3. The van der Waals surface area contributed by atoms with Crippen molar-refractivity contribution in [1.82, 2.24) is 5.43 Å². The predicted molar refractivity (Wildman–Crippen MR) is 164 cm³/mol. The molecule has 0 bridgehead atoms. The molecule has 0 saturated heterocycles. The zero-order chi connectivity index (χ0) is 30.0. The van der Waals surface area contributed by atoms with Gasteiger partial charge >= 0.3 is 5.97 Å². The summed E-state index contributed by atoms with van der Waals surface area (Å²) in [4.78, 5) is 26.0. The van der Waals surface area contributed by atoms with Crippen LogP contribution in [-0.4, -0.2) is 45.9 Å². The average Bonchev–Trinajstić information content (AvgIpc) is 3.02. The fourth-order valence-corrected chi connectivity index (χ4v) is 5.60. The SMILES string of the molecule is CCOc1ccc(N(CC(=O)N/N=C/c2ccc(OC(=O)c3ccccc3)cc2)S(=O)(=O)c2ccc(SC)cc2)cc1. The van der Waals surface area contributed by atoms with Crippen molar-refractivity contribution in [1.29, 1.82) is 0 Å². The van der Waals surface area contributed by atoms with Gasteiger partial charge in [0.05, 0.1) is 29.0 Å². The maximum Gasteiger partial charge on any atom is 0.343 e. The monoisotopic (exact) mass is 603 g/mol. The van der Waals surface area contributed by atoms with Crippen molar-refractivity contribution in [2.75, 3.05) is 23.7 Å². The molecule has 0 heterocycles. The molecule has 0 radical (unpaired) electrons. The number of benzene rings is 4. The number of hydrogen-bond acceptors (Lipinski definition) is 8. The second kappa shape index (κ2) is 14.3. The molecule has 0 atom stereocenters. The van der Waals surface area contributed by atoms with E-state index in [1.165, 1.54) is 30.1 Å². The quantitative estimate of drug-likeness (QED) is 0.0761. The molecule has 1 N–H and O–H groups in total. The number of amides is 1. The van der Waals surface area contributed by atoms with E-state index in [0.717, 1.165) is 9.20 Å². The second-order valence-electron chi connectivity index (χ2n) is 8.73. The molecule has 0 spiro atoms. The Morgan fingerprint density at radius 1 is 0.881 bits per heavy atom. The van der Waals surface area contributed by atoms with Crippen molar-refractivity contribution in [3.05, 3.63) is 114 Å². The van der Waals surface area contributed by atoms with Gasteiger partial charge < -0.3 is 9.47 Å². The molecule has 0 fully saturated rings. The first kappa shape index (κ1) is 30.4. The third-order valence-electron chi connectivity index (χ3n) is 5.87. The minimum absolute atomic E-state index is 0.0542. The molecule has 0 aromatic heterocycles. The van der Waals surface area contributed by atoms with Gasteiger partial charge in [-0.25, -0.2) is 18.6 Å². The molecule has 4 aromatic rings. The van der Waals surface area contributed by atoms with Crippen LogP contribution in [0.5, 0.6) is 11.5 Å². The topological polar surface area (TPSA) is 114 Å². The van der Waals surface area contributed by atoms with E-state index in [-0.39, 0.29) is 4.90 Å². The molecule has 0 aliphatic rings. The molecule has 0 aliphatic heterocycles. The largest absolute Gasteiger partial charge is 0.494 e. The fourth-order valence-electron chi connectivity index (χ4n) is 3.77. The molecule has 9 nitrogen and oxygen atoms in total. The van der Waals surface area contributed by atoms with E-state index in [1.807, 2.05) is 19.2 Å². The zero-order valence-electron chi connectivity index (χ0n) is 23.0. The van der Waals surface area contributed by atoms with E-state index in [0.29, 0.717) is 34.9 Å². The van der Waals surface area contributed by atoms with Crippen LogP contribution in [0.15, 0.2) is 118 Å². The molecule has 11 heteroatoms. The van der Waals surface area contributed by atoms with Crippen LogP contribution < -0.4 is 19.2 Å². The lowest BCUT2D eigenvalue weighted by Crippen LogP contribution is -2.39. The standard InChI is InChI=1S/C31H29N3O6S2/c1-3-39-26-15-11-25(12-16-26)34(42(37,38)29-19-17-28(41-2)18-20-29)22-30(35)33-32-21-23-9-13-27(14-10-23)40-31(36)24-7-5-4-6-8-24/h4-21H,3,22H2,1-2H3,(H,33,35)/b32-21+. The van der Waals surface area contributed by atoms with Gasteiger partial charge in [0, 0.05) is 4.90 Å². The normalized spacial score (nSPS) is 11.2. The molecular formula is C31H29N3O6S2. The van der Waals surface area contributed by atoms with Gasteiger partial charge in [-0.1, -0.05) is 18.2 Å². The number of nitrogens with zero attached hydrogens (tertiary/aromatic N) is 2. The second-order valence-corrected chi connectivity index (χ2v) is 11.5. The highest BCUT2D eigenvalue weighted by Gasteiger charge is 2.27. The van der Waals surface area contributed by atoms with Crippen LogP contribution >= 0.6 is 11.8 Å². The van der Waals surface area contributed by atoms with Crippen LogP contribution in [0.4, 0.5) is 5.69 Å². The summed E-state index contributed by atoms with van der Waals surface area (Å²) in [6.07, 6.45) is 3.30. The van der Waals surface area contributed by atoms with Crippen molar-refractivity contribution in [2.24, 2.45) is 5.10 Å². The van der Waals surface area contributed by atoms with E-state index in [1.54, 1.807) is 84.9 Å². The fraction of sp³-hybridized carbons (Fsp3) is 0.129. The molecule has 216 valence electrons. The molecule has 4 rings (SSSR count). The lowest BCUT2D eigenvalue weighted by Gasteiger charge is -2.24. The van der Waals surface area contributed by atoms with Crippen LogP contribution in [0.25, 0.3) is 0 Å². The Hall–Kier alpha value is -4.61. The summed E-state index contributed by atoms with van der Waals surface area (Å²) in [6.45, 7) is 1.81. The van der Waals surface area contributed by atoms with Crippen LogP contribution in [0.2, 0.25) is 0 Å². The van der Waals surface area contributed by atoms with E-state index >= 15 is 0 Å². The third kappa shape index (κ3) is 7.99. The first-order valence-corrected chi connectivity index (χ1v) is 15.6. The Bertz CT molecular complexity index is 1630. The average molecular weight is 604 g/mol. The van der Waals surface area contributed by atoms with Gasteiger partial charge in [-0.3, -0.25) is 9.10 Å². The number of hydrazone groups is 1. The Labute approximate surface area is 249 Å². The Morgan fingerprint density at radius 2 is 1.52 bits per heavy atom. The number of carbonyl (C=O) groups is 2. The van der Waals surface area contributed by atoms with Crippen LogP contribution in [-0.2, 0) is 14.8 Å². The van der Waals surface area contributed by atoms with Crippen LogP contribution in [0, 0.1) is 0 Å². The van der Waals surface area contributed by atoms with Gasteiger partial charge in [-0.05, 0) is 104 Å². The minimum Gasteiger partial charge on any atom is -0.494 e. The van der Waals surface area contributed by atoms with Crippen molar-refractivity contribution in [3.8, 4) is 11.5 Å². The van der Waals surface area contributed by atoms with Crippen molar-refractivity contribution < 1.29 is 27.5 Å². The Kier molecular flexibility index (Phi) is 10.4. The molecule has 0 unspecified atom stereocenters. The van der Waals surface area contributed by atoms with Gasteiger partial charge in [0.25, 0.3) is 15.9 Å². The molecule has 1 amide bonds. The smallest absolute Gasteiger partial charge is 0.343 e. The third-order valence-corrected chi connectivity index (χ3v) is 8.41. The lowest BCUT2D eigenvalue weighted by atomic mass is 10.2. The molecule has 0 saturated carbocycles. The number of carbonyl (C=O) groups excluding carboxylic acids is 2. The van der Waals surface area contributed by atoms with Gasteiger partial charge in [0.15, 0.2) is 0 Å². The number of rotatable bonds is 12. The number of sulfonamides is 1. The van der Waals surface area contributed by atoms with Crippen LogP contribution in [0.3, 0.4) is 0 Å². The summed E-state index contributed by atoms with van der Waals surface area (Å²) in [5, 5.41) is 3.97. The van der Waals surface area contributed by atoms with Crippen LogP contribution in [0.1, 0.15) is 22.8 Å². The molecular weight excluding hydrogens is 574 g/mol. The Morgan fingerprint density at radius 3 is 2.14 bits per heavy atom. The predicted octanol–water partition coefficient (Wildman–Crippen LogP) is 5.37. The number of ether oxygens (including phenoxy) is 2. The lowest BCUT2D eigenvalue weighted by molar-refractivity contribution is -0.119. The minimum atomic E-state index is -4.08. The summed E-state index contributed by atoms with van der Waals surface area (Å²) in [5.74, 6) is -0.181. The Balaban J connectivity index is 1.44. The summed E-state index contributed by atoms with van der Waals surface area (Å²) in [7, 11) is -4.08. The molecule has 42 heavy (non-hydrogen) atoms. The number of nitrogens with one attached hydrogen (secondary N) is 1. The molecule has 0 aliphatic carbocycles. The van der Waals surface area contributed by atoms with Gasteiger partial charge in [-0.15, -0.1) is 11.8 Å². The summed E-state index contributed by atoms with van der Waals surface area (Å²) in [5.41, 5.74) is 3.74. The summed E-state index contributed by atoms with van der Waals surface area (Å²) < 4.78 is 39.1. The maximum absolute atomic E-state index is 13.6. The van der Waals surface area contributed by atoms with Gasteiger partial charge in [0.1, 0.15) is 18.0 Å². The number of thioether (sulfide) groups is 1. The number of esters is 1. The van der Waals surface area contributed by atoms with Crippen molar-refractivity contribution >= 4 is 45.6 Å². The highest BCUT2D eigenvalue weighted by Crippen LogP contribution is 2.27. The van der Waals surface area contributed by atoms with Crippen molar-refractivity contribution in [2.45, 2.75) is 16.7 Å². The van der Waals surface area contributed by atoms with E-state index in [9.17, 15) is 18.0 Å². The first-order valence-electron chi connectivity index (χ1n) is 12.9. The van der Waals surface area contributed by atoms with Gasteiger partial charge in [0.2, 0.25) is 0 Å². The molecule has 4 aromatic carbocycles. The number of hydrogen-bond donors (Lipinski definition) is 1. The highest BCUT2D eigenvalue weighted by atomic mass is 32.2. The van der Waals surface area contributed by atoms with E-state index in [2.05, 4.69) is 10.5 Å². The van der Waals surface area contributed by atoms with E-state index in [4.69, 9.17) is 9.47 Å². The summed E-state index contributed by atoms with van der Waals surface area (Å²) >= 11 is 1.49. The van der Waals surface area contributed by atoms with Gasteiger partial charge in [-0.2, -0.15) is 5.10 Å². The highest BCUT2D eigenvalue weighted by molar-refractivity contribution is 7.98. The summed E-state index contributed by atoms with van der Waals surface area (Å²) in [6, 6.07) is 28.1. The number of anilines is 1. The maximum atomic E-state index is 13.6. The zero-order valence-corrected chi connectivity index (χ0v) is 24.6. The van der Waals surface area contributed by atoms with Crippen molar-refractivity contribution in [3.63, 3.8) is 0 Å².